The van der Waals surface area contributed by atoms with Crippen LogP contribution in [0.1, 0.15) is 13.8 Å². The van der Waals surface area contributed by atoms with Gasteiger partial charge in [-0.1, -0.05) is 26.0 Å². The summed E-state index contributed by atoms with van der Waals surface area (Å²) in [5.74, 6) is -0.711. The van der Waals surface area contributed by atoms with Crippen molar-refractivity contribution in [2.24, 2.45) is 16.8 Å². The molecular weight excluding hydrogens is 256 g/mol. The molecule has 0 aliphatic rings. The van der Waals surface area contributed by atoms with E-state index in [-0.39, 0.29) is 17.5 Å². The second-order valence-corrected chi connectivity index (χ2v) is 4.29. The average Bonchev–Trinajstić information content (AvgIpc) is 2.40. The van der Waals surface area contributed by atoms with Crippen molar-refractivity contribution in [2.45, 2.75) is 13.8 Å². The first-order valence-electron chi connectivity index (χ1n) is 5.93. The Morgan fingerprint density at radius 2 is 2.00 bits per heavy atom. The first kappa shape index (κ1) is 15.2. The topological polar surface area (TPSA) is 127 Å². The largest absolute Gasteiger partial charge is 0.382 e. The van der Waals surface area contributed by atoms with Crippen LogP contribution in [0, 0.1) is 22.7 Å². The number of hydrazone groups is 1. The van der Waals surface area contributed by atoms with Gasteiger partial charge in [0.15, 0.2) is 5.84 Å². The number of amides is 1. The van der Waals surface area contributed by atoms with Crippen molar-refractivity contribution in [3.8, 4) is 6.07 Å². The quantitative estimate of drug-likeness (QED) is 0.368. The number of benzene rings is 1. The molecule has 0 bridgehead atoms. The van der Waals surface area contributed by atoms with Gasteiger partial charge in [-0.05, 0) is 12.1 Å². The van der Waals surface area contributed by atoms with Gasteiger partial charge in [0.05, 0.1) is 11.4 Å². The molecule has 0 aliphatic carbocycles. The Bertz CT molecular complexity index is 585. The number of nitriles is 1. The van der Waals surface area contributed by atoms with Gasteiger partial charge >= 0.3 is 0 Å². The summed E-state index contributed by atoms with van der Waals surface area (Å²) < 4.78 is 0. The summed E-state index contributed by atoms with van der Waals surface area (Å²) in [5.41, 5.74) is 8.63. The van der Waals surface area contributed by atoms with Gasteiger partial charge in [0, 0.05) is 5.92 Å². The maximum atomic E-state index is 11.7. The Kier molecular flexibility index (Phi) is 5.23. The van der Waals surface area contributed by atoms with Gasteiger partial charge in [-0.25, -0.2) is 0 Å². The van der Waals surface area contributed by atoms with E-state index in [2.05, 4.69) is 15.8 Å². The Balaban J connectivity index is 2.94. The molecule has 1 rings (SSSR count). The molecule has 1 aromatic rings. The molecule has 1 aromatic carbocycles. The molecular formula is C13H16N6O. The number of amidine groups is 1. The van der Waals surface area contributed by atoms with E-state index in [1.165, 1.54) is 0 Å². The van der Waals surface area contributed by atoms with E-state index in [9.17, 15) is 4.79 Å². The summed E-state index contributed by atoms with van der Waals surface area (Å²) in [6.07, 6.45) is 0. The predicted molar refractivity (Wildman–Crippen MR) is 78.5 cm³/mol. The number of carbonyl (C=O) groups excluding carboxylic acids is 1. The summed E-state index contributed by atoms with van der Waals surface area (Å²) in [7, 11) is 0. The summed E-state index contributed by atoms with van der Waals surface area (Å²) in [6, 6.07) is 8.61. The predicted octanol–water partition coefficient (Wildman–Crippen LogP) is 1.51. The standard InChI is InChI=1S/C13H16N6O/c1-8(2)13(20)17-9-5-3-4-6-10(9)18-19-11(7-14)12(15)16/h3-6,8,18H,1-2H3,(H3,15,16)(H,17,20)/b19-11+. The van der Waals surface area contributed by atoms with Gasteiger partial charge < -0.3 is 11.1 Å². The first-order valence-corrected chi connectivity index (χ1v) is 5.93. The Morgan fingerprint density at radius 1 is 1.40 bits per heavy atom. The molecule has 5 N–H and O–H groups in total. The molecule has 0 atom stereocenters. The molecule has 0 fully saturated rings. The molecule has 1 amide bonds. The van der Waals surface area contributed by atoms with Crippen LogP contribution >= 0.6 is 0 Å². The average molecular weight is 272 g/mol. The Hall–Kier alpha value is -2.88. The van der Waals surface area contributed by atoms with Crippen LogP contribution in [0.2, 0.25) is 0 Å². The fraction of sp³-hybridized carbons (Fsp3) is 0.231. The van der Waals surface area contributed by atoms with Gasteiger partial charge in [-0.3, -0.25) is 15.6 Å². The monoisotopic (exact) mass is 272 g/mol. The highest BCUT2D eigenvalue weighted by Crippen LogP contribution is 2.21. The Labute approximate surface area is 117 Å². The number of nitrogens with zero attached hydrogens (tertiary/aromatic N) is 2. The molecule has 104 valence electrons. The van der Waals surface area contributed by atoms with Gasteiger partial charge in [-0.2, -0.15) is 10.4 Å². The molecule has 0 heterocycles. The summed E-state index contributed by atoms with van der Waals surface area (Å²) in [5, 5.41) is 22.4. The minimum Gasteiger partial charge on any atom is -0.382 e. The SMILES string of the molecule is CC(C)C(=O)Nc1ccccc1N/N=C(\C#N)C(=N)N. The molecule has 0 aromatic heterocycles. The minimum atomic E-state index is -0.427. The van der Waals surface area contributed by atoms with Gasteiger partial charge in [0.1, 0.15) is 6.07 Å². The third-order valence-corrected chi connectivity index (χ3v) is 2.36. The van der Waals surface area contributed by atoms with Crippen molar-refractivity contribution in [3.63, 3.8) is 0 Å². The van der Waals surface area contributed by atoms with Gasteiger partial charge in [0.25, 0.3) is 0 Å². The molecule has 0 radical (unpaired) electrons. The van der Waals surface area contributed by atoms with E-state index in [0.717, 1.165) is 0 Å². The van der Waals surface area contributed by atoms with Crippen LogP contribution in [0.4, 0.5) is 11.4 Å². The zero-order valence-corrected chi connectivity index (χ0v) is 11.3. The zero-order valence-electron chi connectivity index (χ0n) is 11.3. The van der Waals surface area contributed by atoms with E-state index in [4.69, 9.17) is 16.4 Å². The van der Waals surface area contributed by atoms with Crippen LogP contribution in [-0.4, -0.2) is 17.5 Å². The fourth-order valence-electron chi connectivity index (χ4n) is 1.23. The molecule has 7 nitrogen and oxygen atoms in total. The van der Waals surface area contributed by atoms with Crippen LogP contribution in [0.3, 0.4) is 0 Å². The molecule has 0 unspecified atom stereocenters. The first-order chi connectivity index (χ1) is 9.45. The highest BCUT2D eigenvalue weighted by Gasteiger charge is 2.10. The van der Waals surface area contributed by atoms with Crippen molar-refractivity contribution in [2.75, 3.05) is 10.7 Å². The number of hydrogen-bond acceptors (Lipinski definition) is 5. The third-order valence-electron chi connectivity index (χ3n) is 2.36. The lowest BCUT2D eigenvalue weighted by Gasteiger charge is -2.12. The Morgan fingerprint density at radius 3 is 2.50 bits per heavy atom. The second-order valence-electron chi connectivity index (χ2n) is 4.29. The number of nitrogens with one attached hydrogen (secondary N) is 3. The fourth-order valence-corrected chi connectivity index (χ4v) is 1.23. The lowest BCUT2D eigenvalue weighted by molar-refractivity contribution is -0.118. The summed E-state index contributed by atoms with van der Waals surface area (Å²) in [4.78, 5) is 11.7. The number of carbonyl (C=O) groups is 1. The molecule has 0 saturated carbocycles. The molecule has 0 saturated heterocycles. The minimum absolute atomic E-state index is 0.129. The van der Waals surface area contributed by atoms with Gasteiger partial charge in [-0.15, -0.1) is 0 Å². The number of anilines is 2. The summed E-state index contributed by atoms with van der Waals surface area (Å²) >= 11 is 0. The van der Waals surface area contributed by atoms with Gasteiger partial charge in [0.2, 0.25) is 11.6 Å². The van der Waals surface area contributed by atoms with Crippen molar-refractivity contribution in [1.82, 2.24) is 0 Å². The number of hydrogen-bond donors (Lipinski definition) is 4. The van der Waals surface area contributed by atoms with E-state index in [0.29, 0.717) is 11.4 Å². The maximum Gasteiger partial charge on any atom is 0.226 e. The van der Waals surface area contributed by atoms with E-state index >= 15 is 0 Å². The highest BCUT2D eigenvalue weighted by molar-refractivity contribution is 6.45. The van der Waals surface area contributed by atoms with E-state index in [1.807, 2.05) is 0 Å². The highest BCUT2D eigenvalue weighted by atomic mass is 16.1. The van der Waals surface area contributed by atoms with Crippen LogP contribution in [-0.2, 0) is 4.79 Å². The van der Waals surface area contributed by atoms with Crippen LogP contribution in [0.15, 0.2) is 29.4 Å². The zero-order chi connectivity index (χ0) is 15.1. The molecule has 7 heteroatoms. The van der Waals surface area contributed by atoms with E-state index in [1.54, 1.807) is 44.2 Å². The lowest BCUT2D eigenvalue weighted by Crippen LogP contribution is -2.22. The van der Waals surface area contributed by atoms with Crippen LogP contribution in [0.5, 0.6) is 0 Å². The normalized spacial score (nSPS) is 10.8. The van der Waals surface area contributed by atoms with Crippen LogP contribution < -0.4 is 16.5 Å². The number of para-hydroxylation sites is 2. The van der Waals surface area contributed by atoms with E-state index < -0.39 is 5.84 Å². The smallest absolute Gasteiger partial charge is 0.226 e. The van der Waals surface area contributed by atoms with Crippen molar-refractivity contribution >= 4 is 28.8 Å². The number of rotatable bonds is 5. The maximum absolute atomic E-state index is 11.7. The second kappa shape index (κ2) is 6.89. The lowest BCUT2D eigenvalue weighted by atomic mass is 10.2. The van der Waals surface area contributed by atoms with Crippen molar-refractivity contribution in [1.29, 1.82) is 10.7 Å². The molecule has 0 aliphatic heterocycles. The van der Waals surface area contributed by atoms with Crippen molar-refractivity contribution in [3.05, 3.63) is 24.3 Å². The van der Waals surface area contributed by atoms with Crippen molar-refractivity contribution < 1.29 is 4.79 Å². The number of nitrogens with two attached hydrogens (primary N) is 1. The molecule has 20 heavy (non-hydrogen) atoms. The summed E-state index contributed by atoms with van der Waals surface area (Å²) in [6.45, 7) is 3.57. The molecule has 0 spiro atoms. The third kappa shape index (κ3) is 4.10. The van der Waals surface area contributed by atoms with Crippen LogP contribution in [0.25, 0.3) is 0 Å².